The molecule has 0 amide bonds. The van der Waals surface area contributed by atoms with E-state index in [0.29, 0.717) is 5.25 Å². The van der Waals surface area contributed by atoms with Crippen LogP contribution >= 0.6 is 11.8 Å². The van der Waals surface area contributed by atoms with Crippen molar-refractivity contribution in [1.29, 1.82) is 0 Å². The number of aromatic nitrogens is 5. The van der Waals surface area contributed by atoms with Crippen LogP contribution in [-0.2, 0) is 10.5 Å². The summed E-state index contributed by atoms with van der Waals surface area (Å²) in [6.45, 7) is 1.73. The van der Waals surface area contributed by atoms with E-state index in [1.165, 1.54) is 0 Å². The van der Waals surface area contributed by atoms with Gasteiger partial charge in [-0.25, -0.2) is 9.97 Å². The second-order valence-corrected chi connectivity index (χ2v) is 8.60. The van der Waals surface area contributed by atoms with Crippen LogP contribution in [0.25, 0.3) is 0 Å². The fraction of sp³-hybridized carbons (Fsp3) is 0.429. The summed E-state index contributed by atoms with van der Waals surface area (Å²) >= 11 is 1.93. The Morgan fingerprint density at radius 1 is 1.11 bits per heavy atom. The maximum atomic E-state index is 12.3. The Labute approximate surface area is 169 Å². The van der Waals surface area contributed by atoms with E-state index in [9.17, 15) is 4.79 Å². The predicted octanol–water partition coefficient (Wildman–Crippen LogP) is 3.95. The maximum absolute atomic E-state index is 12.3. The predicted molar refractivity (Wildman–Crippen MR) is 110 cm³/mol. The number of nitrogens with zero attached hydrogens (tertiary/aromatic N) is 5. The van der Waals surface area contributed by atoms with Gasteiger partial charge in [0.05, 0.1) is 30.4 Å². The summed E-state index contributed by atoms with van der Waals surface area (Å²) in [7, 11) is 0. The van der Waals surface area contributed by atoms with Gasteiger partial charge in [0.15, 0.2) is 0 Å². The van der Waals surface area contributed by atoms with Crippen molar-refractivity contribution in [2.45, 2.75) is 49.3 Å². The molecule has 7 heteroatoms. The van der Waals surface area contributed by atoms with Gasteiger partial charge in [0.25, 0.3) is 0 Å². The lowest BCUT2D eigenvalue weighted by Crippen LogP contribution is -2.29. The molecule has 3 heterocycles. The zero-order valence-corrected chi connectivity index (χ0v) is 16.8. The normalized spacial score (nSPS) is 25.3. The molecule has 0 saturated heterocycles. The van der Waals surface area contributed by atoms with Crippen LogP contribution in [0, 0.1) is 5.92 Å². The first-order valence-electron chi connectivity index (χ1n) is 9.69. The molecule has 1 saturated carbocycles. The highest BCUT2D eigenvalue weighted by Crippen LogP contribution is 2.44. The summed E-state index contributed by atoms with van der Waals surface area (Å²) in [5.74, 6) is 1.22. The second kappa shape index (κ2) is 8.73. The molecule has 1 aliphatic rings. The average Bonchev–Trinajstić information content (AvgIpc) is 3.39. The number of carbonyl (C=O) groups is 1. The van der Waals surface area contributed by atoms with E-state index < -0.39 is 0 Å². The lowest BCUT2D eigenvalue weighted by Gasteiger charge is -2.33. The van der Waals surface area contributed by atoms with Crippen LogP contribution in [-0.4, -0.2) is 35.1 Å². The van der Waals surface area contributed by atoms with Crippen molar-refractivity contribution in [3.8, 4) is 0 Å². The van der Waals surface area contributed by atoms with E-state index in [1.807, 2.05) is 67.5 Å². The van der Waals surface area contributed by atoms with Gasteiger partial charge in [0, 0.05) is 47.9 Å². The molecule has 0 N–H and O–H groups in total. The molecule has 4 atom stereocenters. The van der Waals surface area contributed by atoms with E-state index in [1.54, 1.807) is 6.92 Å². The largest absolute Gasteiger partial charge is 0.332 e. The third-order valence-electron chi connectivity index (χ3n) is 5.62. The van der Waals surface area contributed by atoms with E-state index in [0.717, 1.165) is 30.7 Å². The van der Waals surface area contributed by atoms with Gasteiger partial charge in [-0.3, -0.25) is 9.78 Å². The van der Waals surface area contributed by atoms with Crippen LogP contribution in [0.2, 0.25) is 0 Å². The van der Waals surface area contributed by atoms with Crippen LogP contribution in [0.4, 0.5) is 0 Å². The Morgan fingerprint density at radius 3 is 2.54 bits per heavy atom. The third-order valence-corrected chi connectivity index (χ3v) is 7.03. The number of Topliss-reactive ketones (excluding diaryl/α,β-unsaturated/α-hetero) is 1. The van der Waals surface area contributed by atoms with Crippen molar-refractivity contribution in [1.82, 2.24) is 24.1 Å². The van der Waals surface area contributed by atoms with Crippen molar-refractivity contribution in [3.63, 3.8) is 0 Å². The number of ketones is 1. The van der Waals surface area contributed by atoms with E-state index >= 15 is 0 Å². The Bertz CT molecular complexity index is 866. The molecule has 28 heavy (non-hydrogen) atoms. The smallest absolute Gasteiger partial charge is 0.132 e. The first-order chi connectivity index (χ1) is 13.7. The zero-order valence-electron chi connectivity index (χ0n) is 16.0. The highest BCUT2D eigenvalue weighted by atomic mass is 32.2. The van der Waals surface area contributed by atoms with E-state index in [-0.39, 0.29) is 23.8 Å². The van der Waals surface area contributed by atoms with Crippen molar-refractivity contribution in [2.75, 3.05) is 0 Å². The van der Waals surface area contributed by atoms with Crippen molar-refractivity contribution in [3.05, 3.63) is 67.5 Å². The molecule has 0 radical (unpaired) electrons. The number of hydrogen-bond acceptors (Lipinski definition) is 5. The number of rotatable bonds is 6. The summed E-state index contributed by atoms with van der Waals surface area (Å²) < 4.78 is 4.38. The van der Waals surface area contributed by atoms with Gasteiger partial charge in [0.1, 0.15) is 5.78 Å². The first-order valence-corrected chi connectivity index (χ1v) is 10.7. The van der Waals surface area contributed by atoms with Gasteiger partial charge in [-0.15, -0.1) is 11.8 Å². The lowest BCUT2D eigenvalue weighted by molar-refractivity contribution is -0.121. The molecular weight excluding hydrogens is 370 g/mol. The first kappa shape index (κ1) is 18.9. The molecule has 0 aliphatic heterocycles. The minimum atomic E-state index is 0.0823. The molecule has 6 nitrogen and oxygen atoms in total. The fourth-order valence-electron chi connectivity index (χ4n) is 4.16. The molecule has 3 aromatic heterocycles. The molecule has 4 rings (SSSR count). The number of imidazole rings is 2. The standard InChI is InChI=1S/C21H25N5OS/c1-16(27)17-5-6-20(28-13-18-4-2-3-7-24-18)21(26-11-9-23-15-26)19(12-17)25-10-8-22-14-25/h2-4,7-11,14-15,17,19-21H,5-6,12-13H2,1H3. The lowest BCUT2D eigenvalue weighted by atomic mass is 9.93. The van der Waals surface area contributed by atoms with Crippen LogP contribution < -0.4 is 0 Å². The van der Waals surface area contributed by atoms with Gasteiger partial charge in [-0.1, -0.05) is 6.07 Å². The van der Waals surface area contributed by atoms with Crippen molar-refractivity contribution >= 4 is 17.5 Å². The third kappa shape index (κ3) is 4.19. The summed E-state index contributed by atoms with van der Waals surface area (Å²) in [5, 5.41) is 0.355. The highest BCUT2D eigenvalue weighted by Gasteiger charge is 2.38. The zero-order chi connectivity index (χ0) is 19.3. The molecule has 0 aromatic carbocycles. The molecule has 4 unspecified atom stereocenters. The van der Waals surface area contributed by atoms with Crippen molar-refractivity contribution in [2.24, 2.45) is 5.92 Å². The van der Waals surface area contributed by atoms with Crippen LogP contribution in [0.5, 0.6) is 0 Å². The molecular formula is C21H25N5OS. The molecule has 1 fully saturated rings. The maximum Gasteiger partial charge on any atom is 0.132 e. The average molecular weight is 396 g/mol. The summed E-state index contributed by atoms with van der Waals surface area (Å²) in [4.78, 5) is 25.3. The van der Waals surface area contributed by atoms with Gasteiger partial charge in [-0.05, 0) is 38.3 Å². The van der Waals surface area contributed by atoms with Crippen LogP contribution in [0.1, 0.15) is 44.0 Å². The quantitative estimate of drug-likeness (QED) is 0.591. The van der Waals surface area contributed by atoms with E-state index in [4.69, 9.17) is 0 Å². The Hall–Kier alpha value is -2.41. The van der Waals surface area contributed by atoms with Crippen molar-refractivity contribution < 1.29 is 4.79 Å². The second-order valence-electron chi connectivity index (χ2n) is 7.37. The van der Waals surface area contributed by atoms with Crippen LogP contribution in [0.15, 0.2) is 61.8 Å². The Morgan fingerprint density at radius 2 is 1.89 bits per heavy atom. The number of thioether (sulfide) groups is 1. The fourth-order valence-corrected chi connectivity index (χ4v) is 5.54. The number of carbonyl (C=O) groups excluding carboxylic acids is 1. The number of pyridine rings is 1. The Kier molecular flexibility index (Phi) is 5.90. The summed E-state index contributed by atoms with van der Waals surface area (Å²) in [6.07, 6.45) is 16.1. The van der Waals surface area contributed by atoms with Gasteiger partial charge in [0.2, 0.25) is 0 Å². The minimum absolute atomic E-state index is 0.0823. The number of hydrogen-bond donors (Lipinski definition) is 0. The van der Waals surface area contributed by atoms with Crippen LogP contribution in [0.3, 0.4) is 0 Å². The van der Waals surface area contributed by atoms with E-state index in [2.05, 4.69) is 30.2 Å². The van der Waals surface area contributed by atoms with Gasteiger partial charge < -0.3 is 9.13 Å². The highest BCUT2D eigenvalue weighted by molar-refractivity contribution is 7.99. The monoisotopic (exact) mass is 395 g/mol. The molecule has 146 valence electrons. The molecule has 3 aromatic rings. The molecule has 0 bridgehead atoms. The summed E-state index contributed by atoms with van der Waals surface area (Å²) in [6, 6.07) is 6.41. The molecule has 1 aliphatic carbocycles. The SMILES string of the molecule is CC(=O)C1CCC(SCc2ccccn2)C(n2ccnc2)C(n2ccnc2)C1. The van der Waals surface area contributed by atoms with Gasteiger partial charge in [-0.2, -0.15) is 0 Å². The summed E-state index contributed by atoms with van der Waals surface area (Å²) in [5.41, 5.74) is 1.09. The molecule has 0 spiro atoms. The van der Waals surface area contributed by atoms with Gasteiger partial charge >= 0.3 is 0 Å². The topological polar surface area (TPSA) is 65.6 Å². The Balaban J connectivity index is 1.66. The minimum Gasteiger partial charge on any atom is -0.332 e.